The monoisotopic (exact) mass is 808 g/mol. The van der Waals surface area contributed by atoms with Gasteiger partial charge in [-0.25, -0.2) is 4.79 Å². The summed E-state index contributed by atoms with van der Waals surface area (Å²) in [7, 11) is 0. The van der Waals surface area contributed by atoms with Crippen molar-refractivity contribution in [2.45, 2.75) is 174 Å². The van der Waals surface area contributed by atoms with E-state index in [2.05, 4.69) is 41.5 Å². The predicted molar refractivity (Wildman–Crippen MR) is 199 cm³/mol. The van der Waals surface area contributed by atoms with Crippen LogP contribution in [0.3, 0.4) is 0 Å². The van der Waals surface area contributed by atoms with Crippen molar-refractivity contribution in [3.8, 4) is 0 Å². The molecular formula is C42H64O15. The molecule has 15 heteroatoms. The second-order valence-electron chi connectivity index (χ2n) is 20.6. The van der Waals surface area contributed by atoms with Crippen LogP contribution in [-0.4, -0.2) is 133 Å². The second kappa shape index (κ2) is 14.3. The number of carboxylic acid groups (broad SMARTS) is 2. The van der Waals surface area contributed by atoms with Crippen LogP contribution in [0.15, 0.2) is 11.6 Å². The number of rotatable bonds is 7. The van der Waals surface area contributed by atoms with Crippen LogP contribution in [0.1, 0.15) is 106 Å². The molecule has 6 fully saturated rings. The van der Waals surface area contributed by atoms with Crippen LogP contribution in [0, 0.1) is 50.2 Å². The van der Waals surface area contributed by atoms with E-state index in [4.69, 9.17) is 18.9 Å². The summed E-state index contributed by atoms with van der Waals surface area (Å²) in [5, 5.41) is 83.3. The van der Waals surface area contributed by atoms with Crippen LogP contribution < -0.4 is 0 Å². The van der Waals surface area contributed by atoms with Crippen molar-refractivity contribution in [2.24, 2.45) is 50.2 Å². The van der Waals surface area contributed by atoms with E-state index in [1.807, 2.05) is 13.0 Å². The Morgan fingerprint density at radius 2 is 1.44 bits per heavy atom. The van der Waals surface area contributed by atoms with Gasteiger partial charge in [0.15, 0.2) is 24.5 Å². The summed E-state index contributed by atoms with van der Waals surface area (Å²) < 4.78 is 23.8. The van der Waals surface area contributed by atoms with Crippen LogP contribution in [0.5, 0.6) is 0 Å². The molecule has 19 atom stereocenters. The summed E-state index contributed by atoms with van der Waals surface area (Å²) in [4.78, 5) is 39.1. The minimum atomic E-state index is -1.98. The molecule has 2 aliphatic heterocycles. The number of aliphatic hydroxyl groups is 6. The maximum absolute atomic E-state index is 14.8. The Morgan fingerprint density at radius 3 is 2.07 bits per heavy atom. The van der Waals surface area contributed by atoms with Gasteiger partial charge in [0.25, 0.3) is 0 Å². The molecule has 0 unspecified atom stereocenters. The molecule has 0 bridgehead atoms. The van der Waals surface area contributed by atoms with E-state index in [0.717, 1.165) is 37.7 Å². The fraction of sp³-hybridized carbons (Fsp3) is 0.881. The number of allylic oxidation sites excluding steroid dienone is 2. The highest BCUT2D eigenvalue weighted by molar-refractivity contribution is 5.95. The van der Waals surface area contributed by atoms with E-state index in [0.29, 0.717) is 25.7 Å². The molecule has 0 aromatic rings. The first-order chi connectivity index (χ1) is 26.4. The summed E-state index contributed by atoms with van der Waals surface area (Å²) in [6.45, 7) is 14.4. The normalized spacial score (nSPS) is 53.4. The van der Waals surface area contributed by atoms with Crippen molar-refractivity contribution in [3.05, 3.63) is 11.6 Å². The largest absolute Gasteiger partial charge is 0.481 e. The van der Waals surface area contributed by atoms with E-state index in [-0.39, 0.29) is 39.8 Å². The first-order valence-corrected chi connectivity index (χ1v) is 20.8. The summed E-state index contributed by atoms with van der Waals surface area (Å²) in [6, 6.07) is 0. The highest BCUT2D eigenvalue weighted by atomic mass is 16.8. The molecule has 8 N–H and O–H groups in total. The summed E-state index contributed by atoms with van der Waals surface area (Å²) in [5.41, 5.74) is -1.51. The smallest absolute Gasteiger partial charge is 0.335 e. The van der Waals surface area contributed by atoms with Gasteiger partial charge in [0, 0.05) is 5.92 Å². The summed E-state index contributed by atoms with van der Waals surface area (Å²) in [6.07, 6.45) is -9.70. The van der Waals surface area contributed by atoms with E-state index in [1.54, 1.807) is 0 Å². The molecule has 0 aromatic carbocycles. The van der Waals surface area contributed by atoms with Gasteiger partial charge in [-0.3, -0.25) is 9.59 Å². The Kier molecular flexibility index (Phi) is 10.8. The number of aliphatic hydroxyl groups excluding tert-OH is 6. The third-order valence-corrected chi connectivity index (χ3v) is 17.3. The zero-order chi connectivity index (χ0) is 42.0. The number of ketones is 1. The van der Waals surface area contributed by atoms with Gasteiger partial charge in [0.2, 0.25) is 0 Å². The Hall–Kier alpha value is -2.05. The lowest BCUT2D eigenvalue weighted by molar-refractivity contribution is -0.375. The Bertz CT molecular complexity index is 1650. The molecule has 2 heterocycles. The van der Waals surface area contributed by atoms with Gasteiger partial charge in [-0.05, 0) is 110 Å². The third kappa shape index (κ3) is 6.31. The number of carbonyl (C=O) groups is 3. The first-order valence-electron chi connectivity index (χ1n) is 20.8. The first kappa shape index (κ1) is 43.1. The van der Waals surface area contributed by atoms with Gasteiger partial charge in [0.05, 0.1) is 18.1 Å². The average molecular weight is 809 g/mol. The molecule has 7 aliphatic rings. The van der Waals surface area contributed by atoms with E-state index >= 15 is 0 Å². The molecular weight excluding hydrogens is 744 g/mol. The molecule has 322 valence electrons. The van der Waals surface area contributed by atoms with Crippen molar-refractivity contribution in [1.29, 1.82) is 0 Å². The Morgan fingerprint density at radius 1 is 0.772 bits per heavy atom. The average Bonchev–Trinajstić information content (AvgIpc) is 3.13. The zero-order valence-electron chi connectivity index (χ0n) is 34.2. The van der Waals surface area contributed by atoms with Crippen molar-refractivity contribution in [2.75, 3.05) is 6.61 Å². The molecule has 0 spiro atoms. The van der Waals surface area contributed by atoms with Crippen molar-refractivity contribution in [3.63, 3.8) is 0 Å². The lowest BCUT2D eigenvalue weighted by Crippen LogP contribution is -2.68. The molecule has 5 aliphatic carbocycles. The van der Waals surface area contributed by atoms with Gasteiger partial charge in [0.1, 0.15) is 42.7 Å². The Balaban J connectivity index is 1.16. The fourth-order valence-electron chi connectivity index (χ4n) is 13.4. The number of aliphatic carboxylic acids is 2. The maximum Gasteiger partial charge on any atom is 0.335 e. The van der Waals surface area contributed by atoms with Crippen LogP contribution in [0.4, 0.5) is 0 Å². The fourth-order valence-corrected chi connectivity index (χ4v) is 13.4. The number of ether oxygens (including phenoxy) is 4. The Labute approximate surface area is 333 Å². The standard InChI is InChI=1S/C42H64O15/c1-37(2)23-8-11-42(7)32(21(44)16-19-20-17-39(4,36(52)53)13-12-38(20,3)14-15-41(19,42)6)40(23,5)10-9-24(37)55-35-31(27(47)25(45)22(18-43)54-35)57-34-29(49)26(46)28(48)30(56-34)33(50)51/h16,20,22-32,34-35,43,45-49H,8-15,17-18H2,1-7H3,(H,50,51)(H,52,53)/t20-,22+,23-,24-,25-,26-,27-,28-,29+,30-,31+,32+,34-,35+,38+,39-,40-,41+,42+/m0/s1. The van der Waals surface area contributed by atoms with Crippen LogP contribution >= 0.6 is 0 Å². The lowest BCUT2D eigenvalue weighted by Gasteiger charge is -2.70. The van der Waals surface area contributed by atoms with Crippen LogP contribution in [0.25, 0.3) is 0 Å². The van der Waals surface area contributed by atoms with Crippen LogP contribution in [0.2, 0.25) is 0 Å². The molecule has 4 saturated carbocycles. The van der Waals surface area contributed by atoms with Gasteiger partial charge < -0.3 is 59.8 Å². The number of hydrogen-bond acceptors (Lipinski definition) is 13. The quantitative estimate of drug-likeness (QED) is 0.172. The molecule has 2 saturated heterocycles. The number of carbonyl (C=O) groups excluding carboxylic acids is 1. The predicted octanol–water partition coefficient (Wildman–Crippen LogP) is 2.15. The minimum Gasteiger partial charge on any atom is -0.481 e. The molecule has 7 rings (SSSR count). The molecule has 15 nitrogen and oxygen atoms in total. The van der Waals surface area contributed by atoms with Gasteiger partial charge >= 0.3 is 11.9 Å². The number of fused-ring (bicyclic) bond motifs is 7. The molecule has 57 heavy (non-hydrogen) atoms. The van der Waals surface area contributed by atoms with Gasteiger partial charge in [-0.15, -0.1) is 0 Å². The van der Waals surface area contributed by atoms with E-state index < -0.39 is 102 Å². The zero-order valence-corrected chi connectivity index (χ0v) is 34.2. The second-order valence-corrected chi connectivity index (χ2v) is 20.6. The van der Waals surface area contributed by atoms with Gasteiger partial charge in [-0.2, -0.15) is 0 Å². The van der Waals surface area contributed by atoms with E-state index in [1.165, 1.54) is 0 Å². The summed E-state index contributed by atoms with van der Waals surface area (Å²) in [5.74, 6) is -2.62. The highest BCUT2D eigenvalue weighted by Gasteiger charge is 2.71. The maximum atomic E-state index is 14.8. The van der Waals surface area contributed by atoms with E-state index in [9.17, 15) is 55.2 Å². The molecule has 0 aromatic heterocycles. The van der Waals surface area contributed by atoms with Gasteiger partial charge in [-0.1, -0.05) is 47.1 Å². The summed E-state index contributed by atoms with van der Waals surface area (Å²) >= 11 is 0. The molecule has 0 amide bonds. The van der Waals surface area contributed by atoms with Crippen molar-refractivity contribution in [1.82, 2.24) is 0 Å². The van der Waals surface area contributed by atoms with Crippen LogP contribution in [-0.2, 0) is 33.3 Å². The number of hydrogen-bond donors (Lipinski definition) is 8. The lowest BCUT2D eigenvalue weighted by atomic mass is 9.33. The molecule has 0 radical (unpaired) electrons. The topological polar surface area (TPSA) is 250 Å². The number of carboxylic acids is 2. The highest BCUT2D eigenvalue weighted by Crippen LogP contribution is 2.75. The SMILES string of the molecule is CC1(C)[C@@H](O[C@H]2O[C@H](CO)[C@H](O)[C@H](O)[C@H]2O[C@@H]2O[C@H](C(=O)O)[C@@H](O)[C@H](O)[C@H]2O)CC[C@]2(C)[C@H]3C(=O)C=C4[C@@H]5C[C@@](C)(C(=O)O)CC[C@]5(C)CC[C@@]4(C)[C@]3(C)CC[C@@H]12. The van der Waals surface area contributed by atoms with Crippen molar-refractivity contribution < 1.29 is 74.2 Å². The third-order valence-electron chi connectivity index (χ3n) is 17.3. The van der Waals surface area contributed by atoms with Crippen molar-refractivity contribution >= 4 is 17.7 Å². The minimum absolute atomic E-state index is 0.00433.